The van der Waals surface area contributed by atoms with Crippen LogP contribution in [0.4, 0.5) is 10.1 Å². The molecule has 1 aromatic heterocycles. The van der Waals surface area contributed by atoms with Gasteiger partial charge in [0.2, 0.25) is 0 Å². The first-order chi connectivity index (χ1) is 15.9. The lowest BCUT2D eigenvalue weighted by atomic mass is 10.1. The van der Waals surface area contributed by atoms with Gasteiger partial charge in [0, 0.05) is 36.1 Å². The summed E-state index contributed by atoms with van der Waals surface area (Å²) in [5.41, 5.74) is 3.83. The summed E-state index contributed by atoms with van der Waals surface area (Å²) in [4.78, 5) is 0. The summed E-state index contributed by atoms with van der Waals surface area (Å²) in [5.74, 6) is 0.374. The van der Waals surface area contributed by atoms with E-state index in [0.717, 1.165) is 17.0 Å². The van der Waals surface area contributed by atoms with Crippen molar-refractivity contribution < 1.29 is 13.9 Å². The van der Waals surface area contributed by atoms with Gasteiger partial charge in [0.1, 0.15) is 22.8 Å². The number of halogens is 2. The van der Waals surface area contributed by atoms with E-state index in [4.69, 9.17) is 31.7 Å². The van der Waals surface area contributed by atoms with Crippen molar-refractivity contribution in [1.82, 2.24) is 9.78 Å². The average Bonchev–Trinajstić information content (AvgIpc) is 3.15. The van der Waals surface area contributed by atoms with Crippen LogP contribution in [0.1, 0.15) is 22.5 Å². The number of benzene rings is 2. The fourth-order valence-electron chi connectivity index (χ4n) is 3.18. The first kappa shape index (κ1) is 24.0. The minimum Gasteiger partial charge on any atom is -0.497 e. The zero-order valence-corrected chi connectivity index (χ0v) is 19.0. The molecule has 0 saturated carbocycles. The van der Waals surface area contributed by atoms with Crippen molar-refractivity contribution >= 4 is 22.5 Å². The minimum absolute atomic E-state index is 0.167. The van der Waals surface area contributed by atoms with Crippen molar-refractivity contribution in [3.63, 3.8) is 0 Å². The van der Waals surface area contributed by atoms with Gasteiger partial charge < -0.3 is 14.8 Å². The largest absolute Gasteiger partial charge is 0.497 e. The molecule has 0 aliphatic carbocycles. The number of nitrogens with zero attached hydrogens (tertiary/aromatic N) is 3. The van der Waals surface area contributed by atoms with Gasteiger partial charge in [0.15, 0.2) is 5.69 Å². The molecule has 3 aromatic rings. The smallest absolute Gasteiger partial charge is 0.162 e. The molecule has 33 heavy (non-hydrogen) atoms. The lowest BCUT2D eigenvalue weighted by molar-refractivity contribution is 0.107. The summed E-state index contributed by atoms with van der Waals surface area (Å²) >= 11 is 5.81. The molecule has 0 saturated heterocycles. The Morgan fingerprint density at radius 1 is 1.24 bits per heavy atom. The zero-order chi connectivity index (χ0) is 23.8. The number of rotatable bonds is 10. The molecule has 0 radical (unpaired) electrons. The van der Waals surface area contributed by atoms with Crippen LogP contribution in [-0.2, 0) is 31.4 Å². The van der Waals surface area contributed by atoms with E-state index in [9.17, 15) is 4.39 Å². The second kappa shape index (κ2) is 11.3. The van der Waals surface area contributed by atoms with E-state index in [1.807, 2.05) is 30.3 Å². The standard InChI is InChI=1S/C24H23ClFN5O2/c1-31-21(11-20(13-27)30-31)10-19(12-24(25)28)29-23-8-5-18(26)9-17(23)15-33-14-16-3-6-22(32-2)7-4-16/h3-9,11-12,28-29H,10,14-15H2,1-2H3/b19-12-,28-24?. The Labute approximate surface area is 196 Å². The molecular formula is C24H23ClFN5O2. The van der Waals surface area contributed by atoms with E-state index in [0.29, 0.717) is 35.7 Å². The predicted octanol–water partition coefficient (Wildman–Crippen LogP) is 4.91. The Kier molecular flexibility index (Phi) is 8.19. The van der Waals surface area contributed by atoms with E-state index in [-0.39, 0.29) is 17.6 Å². The molecule has 1 heterocycles. The van der Waals surface area contributed by atoms with Crippen LogP contribution in [0.3, 0.4) is 0 Å². The Morgan fingerprint density at radius 3 is 2.64 bits per heavy atom. The number of nitrogens with one attached hydrogen (secondary N) is 2. The average molecular weight is 468 g/mol. The summed E-state index contributed by atoms with van der Waals surface area (Å²) in [5, 5.41) is 23.9. The molecule has 170 valence electrons. The van der Waals surface area contributed by atoms with E-state index in [1.165, 1.54) is 18.2 Å². The number of methoxy groups -OCH3 is 1. The second-order valence-corrected chi connectivity index (χ2v) is 7.63. The zero-order valence-electron chi connectivity index (χ0n) is 18.2. The maximum Gasteiger partial charge on any atom is 0.162 e. The van der Waals surface area contributed by atoms with E-state index in [2.05, 4.69) is 10.4 Å². The highest BCUT2D eigenvalue weighted by atomic mass is 35.5. The Hall–Kier alpha value is -3.67. The van der Waals surface area contributed by atoms with Crippen molar-refractivity contribution in [3.8, 4) is 11.8 Å². The maximum atomic E-state index is 14.0. The molecule has 9 heteroatoms. The van der Waals surface area contributed by atoms with E-state index < -0.39 is 0 Å². The van der Waals surface area contributed by atoms with Crippen molar-refractivity contribution in [2.75, 3.05) is 12.4 Å². The summed E-state index contributed by atoms with van der Waals surface area (Å²) in [7, 11) is 3.34. The molecule has 0 amide bonds. The van der Waals surface area contributed by atoms with Crippen molar-refractivity contribution in [3.05, 3.63) is 88.6 Å². The second-order valence-electron chi connectivity index (χ2n) is 7.22. The summed E-state index contributed by atoms with van der Waals surface area (Å²) in [6.45, 7) is 0.517. The number of aryl methyl sites for hydroxylation is 1. The SMILES string of the molecule is COc1ccc(COCc2cc(F)ccc2N/C(=C\C(=N)Cl)Cc2cc(C#N)nn2C)cc1. The lowest BCUT2D eigenvalue weighted by Crippen LogP contribution is -2.10. The topological polar surface area (TPSA) is 95.9 Å². The predicted molar refractivity (Wildman–Crippen MR) is 125 cm³/mol. The fourth-order valence-corrected chi connectivity index (χ4v) is 3.31. The van der Waals surface area contributed by atoms with Crippen LogP contribution in [0.2, 0.25) is 0 Å². The first-order valence-electron chi connectivity index (χ1n) is 10.0. The summed E-state index contributed by atoms with van der Waals surface area (Å²) in [6, 6.07) is 15.5. The van der Waals surface area contributed by atoms with Gasteiger partial charge >= 0.3 is 0 Å². The van der Waals surface area contributed by atoms with E-state index >= 15 is 0 Å². The molecule has 0 aliphatic heterocycles. The van der Waals surface area contributed by atoms with Gasteiger partial charge in [-0.1, -0.05) is 23.7 Å². The third kappa shape index (κ3) is 6.91. The van der Waals surface area contributed by atoms with Crippen molar-refractivity contribution in [1.29, 1.82) is 10.7 Å². The van der Waals surface area contributed by atoms with Crippen LogP contribution in [0, 0.1) is 22.6 Å². The molecule has 0 spiro atoms. The van der Waals surface area contributed by atoms with Gasteiger partial charge in [-0.15, -0.1) is 0 Å². The van der Waals surface area contributed by atoms with Crippen LogP contribution in [0.25, 0.3) is 0 Å². The molecule has 0 atom stereocenters. The molecular weight excluding hydrogens is 445 g/mol. The van der Waals surface area contributed by atoms with Crippen LogP contribution >= 0.6 is 11.6 Å². The molecule has 3 rings (SSSR count). The lowest BCUT2D eigenvalue weighted by Gasteiger charge is -2.16. The van der Waals surface area contributed by atoms with Crippen molar-refractivity contribution in [2.24, 2.45) is 7.05 Å². The van der Waals surface area contributed by atoms with Gasteiger partial charge in [-0.25, -0.2) is 4.39 Å². The van der Waals surface area contributed by atoms with Crippen LogP contribution < -0.4 is 10.1 Å². The molecule has 2 N–H and O–H groups in total. The van der Waals surface area contributed by atoms with E-state index in [1.54, 1.807) is 31.0 Å². The highest BCUT2D eigenvalue weighted by Crippen LogP contribution is 2.22. The van der Waals surface area contributed by atoms with Crippen LogP contribution in [0.15, 0.2) is 60.3 Å². The summed E-state index contributed by atoms with van der Waals surface area (Å²) < 4.78 is 26.5. The molecule has 2 aromatic carbocycles. The maximum absolute atomic E-state index is 14.0. The third-order valence-corrected chi connectivity index (χ3v) is 4.92. The molecule has 0 fully saturated rings. The molecule has 0 aliphatic rings. The van der Waals surface area contributed by atoms with Gasteiger partial charge in [0.25, 0.3) is 0 Å². The van der Waals surface area contributed by atoms with Crippen LogP contribution in [0.5, 0.6) is 5.75 Å². The Balaban J connectivity index is 1.75. The highest BCUT2D eigenvalue weighted by Gasteiger charge is 2.12. The Morgan fingerprint density at radius 2 is 2.00 bits per heavy atom. The quantitative estimate of drug-likeness (QED) is 0.413. The molecule has 7 nitrogen and oxygen atoms in total. The normalized spacial score (nSPS) is 11.2. The monoisotopic (exact) mass is 467 g/mol. The minimum atomic E-state index is -0.385. The highest BCUT2D eigenvalue weighted by molar-refractivity contribution is 6.67. The summed E-state index contributed by atoms with van der Waals surface area (Å²) in [6.07, 6.45) is 1.80. The van der Waals surface area contributed by atoms with Crippen LogP contribution in [-0.4, -0.2) is 22.1 Å². The third-order valence-electron chi connectivity index (χ3n) is 4.81. The van der Waals surface area contributed by atoms with Gasteiger partial charge in [-0.3, -0.25) is 10.1 Å². The number of hydrogen-bond donors (Lipinski definition) is 2. The first-order valence-corrected chi connectivity index (χ1v) is 10.4. The fraction of sp³-hybridized carbons (Fsp3) is 0.208. The number of ether oxygens (including phenoxy) is 2. The number of allylic oxidation sites excluding steroid dienone is 2. The number of aromatic nitrogens is 2. The number of nitriles is 1. The van der Waals surface area contributed by atoms with Gasteiger partial charge in [-0.05, 0) is 48.0 Å². The number of hydrogen-bond acceptors (Lipinski definition) is 6. The van der Waals surface area contributed by atoms with Gasteiger partial charge in [0.05, 0.1) is 20.3 Å². The van der Waals surface area contributed by atoms with Gasteiger partial charge in [-0.2, -0.15) is 10.4 Å². The van der Waals surface area contributed by atoms with Crippen molar-refractivity contribution in [2.45, 2.75) is 19.6 Å². The molecule has 0 bridgehead atoms. The Bertz CT molecular complexity index is 1200. The molecule has 0 unspecified atom stereocenters. The number of anilines is 1.